The van der Waals surface area contributed by atoms with Crippen LogP contribution in [0.3, 0.4) is 0 Å². The van der Waals surface area contributed by atoms with Gasteiger partial charge in [0.1, 0.15) is 5.69 Å². The smallest absolute Gasteiger partial charge is 0.264 e. The Morgan fingerprint density at radius 3 is 2.86 bits per heavy atom. The molecule has 0 atom stereocenters. The van der Waals surface area contributed by atoms with Crippen LogP contribution >= 0.6 is 0 Å². The number of aryl methyl sites for hydroxylation is 1. The van der Waals surface area contributed by atoms with E-state index in [1.807, 2.05) is 12.1 Å². The lowest BCUT2D eigenvalue weighted by Crippen LogP contribution is -2.12. The van der Waals surface area contributed by atoms with Crippen LogP contribution in [0.2, 0.25) is 0 Å². The van der Waals surface area contributed by atoms with Crippen molar-refractivity contribution < 1.29 is 13.9 Å². The van der Waals surface area contributed by atoms with E-state index >= 15 is 0 Å². The van der Waals surface area contributed by atoms with Crippen molar-refractivity contribution >= 4 is 10.9 Å². The molecule has 0 radical (unpaired) electrons. The normalized spacial score (nSPS) is 16.0. The predicted octanol–water partition coefficient (Wildman–Crippen LogP) is 2.45. The largest absolute Gasteiger partial charge is 0.422 e. The fourth-order valence-electron chi connectivity index (χ4n) is 2.72. The summed E-state index contributed by atoms with van der Waals surface area (Å²) in [5.74, 6) is 0.527. The van der Waals surface area contributed by atoms with Crippen molar-refractivity contribution in [3.8, 4) is 11.6 Å². The van der Waals surface area contributed by atoms with Gasteiger partial charge in [-0.1, -0.05) is 18.2 Å². The summed E-state index contributed by atoms with van der Waals surface area (Å²) in [6.45, 7) is 2.12. The average Bonchev–Trinajstić information content (AvgIpc) is 3.25. The maximum Gasteiger partial charge on any atom is 0.264 e. The number of hydrogen-bond acceptors (Lipinski definition) is 5. The highest BCUT2D eigenvalue weighted by molar-refractivity contribution is 5.85. The minimum absolute atomic E-state index is 0.123. The van der Waals surface area contributed by atoms with Crippen LogP contribution in [0.15, 0.2) is 41.1 Å². The molecule has 1 saturated heterocycles. The fraction of sp³-hybridized carbons (Fsp3) is 0.333. The van der Waals surface area contributed by atoms with Gasteiger partial charge >= 0.3 is 0 Å². The van der Waals surface area contributed by atoms with Gasteiger partial charge in [-0.25, -0.2) is 0 Å². The zero-order chi connectivity index (χ0) is 14.1. The van der Waals surface area contributed by atoms with E-state index in [-0.39, 0.29) is 6.29 Å². The first kappa shape index (κ1) is 12.6. The SMILES string of the molecule is c1ccc2c(c1)cc(-c1nnco1)n2CCC1OCCO1. The molecule has 0 saturated carbocycles. The van der Waals surface area contributed by atoms with Crippen LogP contribution in [0, 0.1) is 0 Å². The standard InChI is InChI=1S/C15H15N3O3/c1-2-4-12-11(3-1)9-13(15-17-16-10-21-15)18(12)6-5-14-19-7-8-20-14/h1-4,9-10,14H,5-8H2. The summed E-state index contributed by atoms with van der Waals surface area (Å²) in [6.07, 6.45) is 2.02. The molecule has 2 aromatic heterocycles. The summed E-state index contributed by atoms with van der Waals surface area (Å²) in [6, 6.07) is 10.3. The van der Waals surface area contributed by atoms with Gasteiger partial charge in [0.15, 0.2) is 6.29 Å². The Labute approximate surface area is 121 Å². The van der Waals surface area contributed by atoms with E-state index in [1.54, 1.807) is 0 Å². The molecule has 1 fully saturated rings. The van der Waals surface area contributed by atoms with Gasteiger partial charge in [-0.2, -0.15) is 0 Å². The van der Waals surface area contributed by atoms with Gasteiger partial charge in [-0.05, 0) is 12.1 Å². The molecule has 3 heterocycles. The fourth-order valence-corrected chi connectivity index (χ4v) is 2.72. The molecule has 1 aliphatic rings. The quantitative estimate of drug-likeness (QED) is 0.737. The first-order valence-electron chi connectivity index (χ1n) is 7.00. The predicted molar refractivity (Wildman–Crippen MR) is 75.5 cm³/mol. The molecule has 4 rings (SSSR count). The van der Waals surface area contributed by atoms with Crippen molar-refractivity contribution in [2.45, 2.75) is 19.3 Å². The van der Waals surface area contributed by atoms with E-state index in [0.717, 1.165) is 29.6 Å². The van der Waals surface area contributed by atoms with E-state index in [9.17, 15) is 0 Å². The van der Waals surface area contributed by atoms with Gasteiger partial charge in [0.05, 0.1) is 13.2 Å². The first-order valence-corrected chi connectivity index (χ1v) is 7.00. The highest BCUT2D eigenvalue weighted by atomic mass is 16.7. The number of benzene rings is 1. The van der Waals surface area contributed by atoms with Crippen LogP contribution in [-0.2, 0) is 16.0 Å². The monoisotopic (exact) mass is 285 g/mol. The minimum Gasteiger partial charge on any atom is -0.422 e. The molecular weight excluding hydrogens is 270 g/mol. The third-order valence-corrected chi connectivity index (χ3v) is 3.67. The van der Waals surface area contributed by atoms with E-state index in [2.05, 4.69) is 33.0 Å². The second kappa shape index (κ2) is 5.31. The number of ether oxygens (including phenoxy) is 2. The van der Waals surface area contributed by atoms with Gasteiger partial charge in [0, 0.05) is 23.9 Å². The molecule has 6 nitrogen and oxygen atoms in total. The molecule has 3 aromatic rings. The van der Waals surface area contributed by atoms with E-state index < -0.39 is 0 Å². The highest BCUT2D eigenvalue weighted by Gasteiger charge is 2.19. The molecule has 0 amide bonds. The topological polar surface area (TPSA) is 62.3 Å². The summed E-state index contributed by atoms with van der Waals surface area (Å²) >= 11 is 0. The third-order valence-electron chi connectivity index (χ3n) is 3.67. The lowest BCUT2D eigenvalue weighted by atomic mass is 10.2. The van der Waals surface area contributed by atoms with E-state index in [0.29, 0.717) is 19.1 Å². The van der Waals surface area contributed by atoms with Crippen LogP contribution < -0.4 is 0 Å². The molecule has 108 valence electrons. The molecule has 0 spiro atoms. The van der Waals surface area contributed by atoms with Gasteiger partial charge in [-0.15, -0.1) is 10.2 Å². The first-order chi connectivity index (χ1) is 10.4. The molecule has 0 bridgehead atoms. The average molecular weight is 285 g/mol. The number of aromatic nitrogens is 3. The Morgan fingerprint density at radius 2 is 2.05 bits per heavy atom. The molecule has 1 aliphatic heterocycles. The van der Waals surface area contributed by atoms with Crippen LogP contribution in [-0.4, -0.2) is 34.3 Å². The van der Waals surface area contributed by atoms with Crippen LogP contribution in [0.4, 0.5) is 0 Å². The summed E-state index contributed by atoms with van der Waals surface area (Å²) in [5.41, 5.74) is 2.07. The molecule has 1 aromatic carbocycles. The van der Waals surface area contributed by atoms with Crippen molar-refractivity contribution in [3.05, 3.63) is 36.7 Å². The molecule has 0 N–H and O–H groups in total. The third kappa shape index (κ3) is 2.32. The van der Waals surface area contributed by atoms with Crippen LogP contribution in [0.25, 0.3) is 22.5 Å². The second-order valence-corrected chi connectivity index (χ2v) is 4.94. The van der Waals surface area contributed by atoms with E-state index in [1.165, 1.54) is 6.39 Å². The van der Waals surface area contributed by atoms with Gasteiger partial charge in [-0.3, -0.25) is 0 Å². The zero-order valence-corrected chi connectivity index (χ0v) is 11.4. The number of hydrogen-bond donors (Lipinski definition) is 0. The van der Waals surface area contributed by atoms with Crippen molar-refractivity contribution in [1.82, 2.24) is 14.8 Å². The molecular formula is C15H15N3O3. The van der Waals surface area contributed by atoms with Gasteiger partial charge in [0.2, 0.25) is 6.39 Å². The Hall–Kier alpha value is -2.18. The number of nitrogens with zero attached hydrogens (tertiary/aromatic N) is 3. The minimum atomic E-state index is -0.123. The van der Waals surface area contributed by atoms with Gasteiger partial charge < -0.3 is 18.5 Å². The van der Waals surface area contributed by atoms with Crippen molar-refractivity contribution in [2.24, 2.45) is 0 Å². The van der Waals surface area contributed by atoms with Gasteiger partial charge in [0.25, 0.3) is 5.89 Å². The Bertz CT molecular complexity index is 730. The molecule has 21 heavy (non-hydrogen) atoms. The lowest BCUT2D eigenvalue weighted by molar-refractivity contribution is -0.0488. The van der Waals surface area contributed by atoms with Crippen LogP contribution in [0.5, 0.6) is 0 Å². The summed E-state index contributed by atoms with van der Waals surface area (Å²) in [5, 5.41) is 8.94. The Morgan fingerprint density at radius 1 is 1.19 bits per heavy atom. The highest BCUT2D eigenvalue weighted by Crippen LogP contribution is 2.27. The molecule has 6 heteroatoms. The number of fused-ring (bicyclic) bond motifs is 1. The maximum absolute atomic E-state index is 5.51. The zero-order valence-electron chi connectivity index (χ0n) is 11.4. The summed E-state index contributed by atoms with van der Waals surface area (Å²) in [4.78, 5) is 0. The van der Waals surface area contributed by atoms with Crippen molar-refractivity contribution in [1.29, 1.82) is 0 Å². The van der Waals surface area contributed by atoms with E-state index in [4.69, 9.17) is 13.9 Å². The second-order valence-electron chi connectivity index (χ2n) is 4.94. The van der Waals surface area contributed by atoms with Crippen molar-refractivity contribution in [3.63, 3.8) is 0 Å². The van der Waals surface area contributed by atoms with Crippen molar-refractivity contribution in [2.75, 3.05) is 13.2 Å². The molecule has 0 unspecified atom stereocenters. The summed E-state index contributed by atoms with van der Waals surface area (Å²) in [7, 11) is 0. The lowest BCUT2D eigenvalue weighted by Gasteiger charge is -2.12. The number of rotatable bonds is 4. The van der Waals surface area contributed by atoms with Crippen LogP contribution in [0.1, 0.15) is 6.42 Å². The molecule has 0 aliphatic carbocycles. The Kier molecular flexibility index (Phi) is 3.17. The maximum atomic E-state index is 5.51. The number of para-hydroxylation sites is 1. The summed E-state index contributed by atoms with van der Waals surface area (Å²) < 4.78 is 18.5. The Balaban J connectivity index is 1.71.